The summed E-state index contributed by atoms with van der Waals surface area (Å²) in [4.78, 5) is 19.5. The van der Waals surface area contributed by atoms with Crippen LogP contribution in [0.2, 0.25) is 0 Å². The molecule has 0 radical (unpaired) electrons. The number of piperidine rings is 2. The van der Waals surface area contributed by atoms with Gasteiger partial charge in [0.25, 0.3) is 0 Å². The Kier molecular flexibility index (Phi) is 9.42. The molecule has 0 bridgehead atoms. The molecule has 34 heavy (non-hydrogen) atoms. The Morgan fingerprint density at radius 3 is 1.47 bits per heavy atom. The second-order valence-electron chi connectivity index (χ2n) is 10.3. The summed E-state index contributed by atoms with van der Waals surface area (Å²) in [5.74, 6) is 0.227. The third-order valence-corrected chi connectivity index (χ3v) is 9.15. The minimum atomic E-state index is -0.0822. The maximum absolute atomic E-state index is 14.5. The first-order valence-corrected chi connectivity index (χ1v) is 14.5. The van der Waals surface area contributed by atoms with Crippen LogP contribution in [0.5, 0.6) is 0 Å². The van der Waals surface area contributed by atoms with Gasteiger partial charge in [-0.25, -0.2) is 0 Å². The molecule has 2 saturated heterocycles. The van der Waals surface area contributed by atoms with Crippen molar-refractivity contribution in [1.82, 2.24) is 9.80 Å². The van der Waals surface area contributed by atoms with E-state index < -0.39 is 0 Å². The lowest BCUT2D eigenvalue weighted by atomic mass is 9.76. The van der Waals surface area contributed by atoms with Crippen LogP contribution < -0.4 is 0 Å². The number of carbonyl (C=O) groups excluding carboxylic acids is 1. The third-order valence-electron chi connectivity index (χ3n) is 8.09. The van der Waals surface area contributed by atoms with Gasteiger partial charge in [-0.05, 0) is 101 Å². The topological polar surface area (TPSA) is 23.6 Å². The lowest BCUT2D eigenvalue weighted by Crippen LogP contribution is -2.40. The Morgan fingerprint density at radius 2 is 1.12 bits per heavy atom. The van der Waals surface area contributed by atoms with Crippen LogP contribution in [-0.4, -0.2) is 54.9 Å². The van der Waals surface area contributed by atoms with E-state index in [0.717, 1.165) is 46.0 Å². The molecule has 0 amide bonds. The van der Waals surface area contributed by atoms with E-state index >= 15 is 0 Å². The summed E-state index contributed by atoms with van der Waals surface area (Å²) >= 11 is 7.16. The molecule has 4 rings (SSSR count). The maximum Gasteiger partial charge on any atom is 0.147 e. The zero-order valence-corrected chi connectivity index (χ0v) is 23.7. The van der Waals surface area contributed by atoms with Crippen molar-refractivity contribution in [3.8, 4) is 0 Å². The Morgan fingerprint density at radius 1 is 0.735 bits per heavy atom. The van der Waals surface area contributed by atoms with Crippen molar-refractivity contribution in [1.29, 1.82) is 0 Å². The highest BCUT2D eigenvalue weighted by Gasteiger charge is 2.35. The standard InChI is InChI=1S/C29H38Br2N2O/c1-32-17-5-3-7-25(32)19-27(21-9-13-23(30)14-10-21)29(34)28(22-11-15-24(31)16-12-22)20-26-8-4-6-18-33(26)2/h9-16,25-28H,3-8,17-20H2,1-2H3/t25?,26?,27-,28-/m0/s1. The number of carbonyl (C=O) groups is 1. The summed E-state index contributed by atoms with van der Waals surface area (Å²) in [6, 6.07) is 17.9. The van der Waals surface area contributed by atoms with Crippen LogP contribution in [0, 0.1) is 0 Å². The normalized spacial score (nSPS) is 24.0. The molecule has 2 fully saturated rings. The van der Waals surface area contributed by atoms with Gasteiger partial charge in [0.2, 0.25) is 0 Å². The Labute approximate surface area is 222 Å². The molecule has 0 aromatic heterocycles. The van der Waals surface area contributed by atoms with Crippen molar-refractivity contribution >= 4 is 37.6 Å². The zero-order chi connectivity index (χ0) is 24.1. The van der Waals surface area contributed by atoms with E-state index in [1.807, 2.05) is 0 Å². The molecule has 3 nitrogen and oxygen atoms in total. The van der Waals surface area contributed by atoms with Crippen LogP contribution in [0.25, 0.3) is 0 Å². The lowest BCUT2D eigenvalue weighted by molar-refractivity contribution is -0.123. The van der Waals surface area contributed by atoms with E-state index in [1.54, 1.807) is 0 Å². The number of ketones is 1. The molecular weight excluding hydrogens is 552 g/mol. The predicted octanol–water partition coefficient (Wildman–Crippen LogP) is 7.40. The van der Waals surface area contributed by atoms with Crippen LogP contribution in [0.3, 0.4) is 0 Å². The van der Waals surface area contributed by atoms with Gasteiger partial charge in [-0.1, -0.05) is 69.0 Å². The SMILES string of the molecule is CN1CCCCC1C[C@H](C(=O)[C@@H](CC1CCCCN1C)c1ccc(Br)cc1)c1ccc(Br)cc1. The minimum absolute atomic E-state index is 0.0822. The Balaban J connectivity index is 1.67. The van der Waals surface area contributed by atoms with Crippen molar-refractivity contribution in [2.45, 2.75) is 75.3 Å². The summed E-state index contributed by atoms with van der Waals surface area (Å²) in [5, 5.41) is 0. The average molecular weight is 590 g/mol. The zero-order valence-electron chi connectivity index (χ0n) is 20.6. The van der Waals surface area contributed by atoms with E-state index in [2.05, 4.69) is 104 Å². The first-order valence-electron chi connectivity index (χ1n) is 12.9. The molecule has 0 aliphatic carbocycles. The van der Waals surface area contributed by atoms with Crippen LogP contribution in [0.4, 0.5) is 0 Å². The Bertz CT molecular complexity index is 855. The van der Waals surface area contributed by atoms with Crippen LogP contribution in [-0.2, 0) is 4.79 Å². The summed E-state index contributed by atoms with van der Waals surface area (Å²) in [6.07, 6.45) is 9.24. The lowest BCUT2D eigenvalue weighted by Gasteiger charge is -2.37. The summed E-state index contributed by atoms with van der Waals surface area (Å²) in [5.41, 5.74) is 2.32. The molecule has 0 N–H and O–H groups in total. The number of halogens is 2. The van der Waals surface area contributed by atoms with Gasteiger partial charge in [-0.3, -0.25) is 4.79 Å². The molecule has 2 aliphatic rings. The molecule has 0 spiro atoms. The van der Waals surface area contributed by atoms with E-state index in [4.69, 9.17) is 0 Å². The number of Topliss-reactive ketones (excluding diaryl/α,β-unsaturated/α-hetero) is 1. The molecule has 2 aromatic rings. The highest BCUT2D eigenvalue weighted by Crippen LogP contribution is 2.37. The first-order chi connectivity index (χ1) is 16.4. The van der Waals surface area contributed by atoms with Crippen molar-refractivity contribution in [2.24, 2.45) is 0 Å². The monoisotopic (exact) mass is 588 g/mol. The highest BCUT2D eigenvalue weighted by molar-refractivity contribution is 9.10. The summed E-state index contributed by atoms with van der Waals surface area (Å²) < 4.78 is 2.12. The predicted molar refractivity (Wildman–Crippen MR) is 149 cm³/mol. The van der Waals surface area contributed by atoms with Crippen LogP contribution >= 0.6 is 31.9 Å². The molecule has 2 unspecified atom stereocenters. The van der Waals surface area contributed by atoms with Gasteiger partial charge in [0.15, 0.2) is 0 Å². The first kappa shape index (κ1) is 26.1. The van der Waals surface area contributed by atoms with Gasteiger partial charge in [0.1, 0.15) is 5.78 Å². The highest BCUT2D eigenvalue weighted by atomic mass is 79.9. The molecule has 0 saturated carbocycles. The third kappa shape index (κ3) is 6.60. The summed E-state index contributed by atoms with van der Waals surface area (Å²) in [7, 11) is 4.46. The largest absolute Gasteiger partial charge is 0.303 e. The average Bonchev–Trinajstić information content (AvgIpc) is 2.84. The molecule has 2 aromatic carbocycles. The second-order valence-corrected chi connectivity index (χ2v) is 12.2. The number of rotatable bonds is 8. The molecular formula is C29H38Br2N2O. The van der Waals surface area contributed by atoms with Gasteiger partial charge in [-0.15, -0.1) is 0 Å². The maximum atomic E-state index is 14.5. The van der Waals surface area contributed by atoms with Gasteiger partial charge in [0.05, 0.1) is 0 Å². The molecule has 4 atom stereocenters. The van der Waals surface area contributed by atoms with Gasteiger partial charge in [0, 0.05) is 32.9 Å². The fraction of sp³-hybridized carbons (Fsp3) is 0.552. The number of likely N-dealkylation sites (tertiary alicyclic amines) is 2. The van der Waals surface area contributed by atoms with E-state index in [9.17, 15) is 4.79 Å². The number of hydrogen-bond acceptors (Lipinski definition) is 3. The molecule has 184 valence electrons. The second kappa shape index (κ2) is 12.3. The van der Waals surface area contributed by atoms with Crippen molar-refractivity contribution in [3.05, 3.63) is 68.6 Å². The van der Waals surface area contributed by atoms with Gasteiger partial charge >= 0.3 is 0 Å². The fourth-order valence-corrected chi connectivity index (χ4v) is 6.42. The van der Waals surface area contributed by atoms with Crippen molar-refractivity contribution < 1.29 is 4.79 Å². The van der Waals surface area contributed by atoms with E-state index in [-0.39, 0.29) is 11.8 Å². The van der Waals surface area contributed by atoms with E-state index in [0.29, 0.717) is 17.9 Å². The number of hydrogen-bond donors (Lipinski definition) is 0. The molecule has 2 aliphatic heterocycles. The Hall–Kier alpha value is -1.01. The quantitative estimate of drug-likeness (QED) is 0.320. The van der Waals surface area contributed by atoms with Gasteiger partial charge < -0.3 is 9.80 Å². The number of benzene rings is 2. The fourth-order valence-electron chi connectivity index (χ4n) is 5.89. The van der Waals surface area contributed by atoms with Crippen molar-refractivity contribution in [2.75, 3.05) is 27.2 Å². The summed E-state index contributed by atoms with van der Waals surface area (Å²) in [6.45, 7) is 2.27. The van der Waals surface area contributed by atoms with E-state index in [1.165, 1.54) is 38.5 Å². The van der Waals surface area contributed by atoms with Crippen molar-refractivity contribution in [3.63, 3.8) is 0 Å². The van der Waals surface area contributed by atoms with Crippen LogP contribution in [0.15, 0.2) is 57.5 Å². The molecule has 5 heteroatoms. The number of nitrogens with zero attached hydrogens (tertiary/aromatic N) is 2. The smallest absolute Gasteiger partial charge is 0.147 e. The minimum Gasteiger partial charge on any atom is -0.303 e. The molecule has 2 heterocycles. The van der Waals surface area contributed by atoms with Gasteiger partial charge in [-0.2, -0.15) is 0 Å². The van der Waals surface area contributed by atoms with Crippen LogP contribution in [0.1, 0.15) is 74.3 Å².